The maximum absolute atomic E-state index is 10.2. The molecule has 2 N–H and O–H groups in total. The molecule has 1 aromatic heterocycles. The average Bonchev–Trinajstić information content (AvgIpc) is 2.46. The van der Waals surface area contributed by atoms with Crippen molar-refractivity contribution in [1.29, 1.82) is 0 Å². The largest absolute Gasteiger partial charge is 0.451 e. The maximum Gasteiger partial charge on any atom is 0.241 e. The monoisotopic (exact) mass is 263 g/mol. The highest BCUT2D eigenvalue weighted by atomic mass is 32.8. The second-order valence-electron chi connectivity index (χ2n) is 3.80. The Bertz CT molecular complexity index is 518. The summed E-state index contributed by atoms with van der Waals surface area (Å²) in [7, 11) is -3.01. The van der Waals surface area contributed by atoms with Gasteiger partial charge in [-0.3, -0.25) is 4.79 Å². The highest BCUT2D eigenvalue weighted by molar-refractivity contribution is 8.31. The zero-order valence-electron chi connectivity index (χ0n) is 9.13. The average molecular weight is 263 g/mol. The van der Waals surface area contributed by atoms with Crippen LogP contribution in [0.3, 0.4) is 0 Å². The SMILES string of the molecule is Cc1oc(S(O)(=S)=NC=O)cc1C(C)(C)O. The van der Waals surface area contributed by atoms with Crippen LogP contribution in [-0.4, -0.2) is 16.1 Å². The number of aliphatic hydroxyl groups is 1. The van der Waals surface area contributed by atoms with E-state index < -0.39 is 14.3 Å². The molecule has 1 atom stereocenters. The highest BCUT2D eigenvalue weighted by Crippen LogP contribution is 2.29. The molecule has 16 heavy (non-hydrogen) atoms. The number of carbonyl (C=O) groups excluding carboxylic acids is 1. The number of hydrogen-bond acceptors (Lipinski definition) is 4. The molecule has 7 heteroatoms. The van der Waals surface area contributed by atoms with Crippen molar-refractivity contribution < 1.29 is 18.9 Å². The quantitative estimate of drug-likeness (QED) is 0.809. The summed E-state index contributed by atoms with van der Waals surface area (Å²) in [6.45, 7) is 4.81. The highest BCUT2D eigenvalue weighted by Gasteiger charge is 2.24. The molecule has 0 fully saturated rings. The summed E-state index contributed by atoms with van der Waals surface area (Å²) in [6.07, 6.45) is 0.198. The number of hydrogen-bond donors (Lipinski definition) is 2. The zero-order chi connectivity index (χ0) is 12.6. The van der Waals surface area contributed by atoms with E-state index in [9.17, 15) is 14.5 Å². The topological polar surface area (TPSA) is 83.0 Å². The van der Waals surface area contributed by atoms with Crippen LogP contribution < -0.4 is 0 Å². The number of aryl methyl sites for hydroxylation is 1. The van der Waals surface area contributed by atoms with Crippen molar-refractivity contribution in [3.63, 3.8) is 0 Å². The number of rotatable bonds is 3. The van der Waals surface area contributed by atoms with E-state index in [1.165, 1.54) is 6.07 Å². The van der Waals surface area contributed by atoms with Gasteiger partial charge in [0.25, 0.3) is 0 Å². The molecule has 1 unspecified atom stereocenters. The Morgan fingerprint density at radius 2 is 2.19 bits per heavy atom. The molecular formula is C9H13NO4S2. The first-order valence-corrected chi connectivity index (χ1v) is 6.91. The van der Waals surface area contributed by atoms with Crippen molar-refractivity contribution in [3.8, 4) is 0 Å². The van der Waals surface area contributed by atoms with Gasteiger partial charge in [-0.2, -0.15) is 4.36 Å². The van der Waals surface area contributed by atoms with E-state index in [0.717, 1.165) is 0 Å². The standard InChI is InChI=1S/C9H13NO4S2/c1-6-7(9(2,3)12)4-8(14-6)16(13,15)10-5-11/h4-5,12H,1-3H3,(H,10,11,13,15). The number of nitrogens with zero attached hydrogens (tertiary/aromatic N) is 1. The predicted octanol–water partition coefficient (Wildman–Crippen LogP) is 1.60. The maximum atomic E-state index is 10.2. The molecule has 0 aliphatic heterocycles. The minimum absolute atomic E-state index is 0.0317. The molecule has 0 spiro atoms. The van der Waals surface area contributed by atoms with Gasteiger partial charge in [-0.1, -0.05) is 0 Å². The first-order chi connectivity index (χ1) is 7.18. The number of furan rings is 1. The lowest BCUT2D eigenvalue weighted by Gasteiger charge is -2.15. The van der Waals surface area contributed by atoms with E-state index in [4.69, 9.17) is 15.6 Å². The van der Waals surface area contributed by atoms with Crippen LogP contribution in [0.4, 0.5) is 0 Å². The van der Waals surface area contributed by atoms with Gasteiger partial charge in [-0.05, 0) is 32.0 Å². The Morgan fingerprint density at radius 1 is 1.62 bits per heavy atom. The lowest BCUT2D eigenvalue weighted by Crippen LogP contribution is -2.15. The summed E-state index contributed by atoms with van der Waals surface area (Å²) in [5.74, 6) is 0.444. The van der Waals surface area contributed by atoms with Crippen molar-refractivity contribution in [3.05, 3.63) is 17.4 Å². The molecule has 5 nitrogen and oxygen atoms in total. The van der Waals surface area contributed by atoms with Gasteiger partial charge in [0.15, 0.2) is 5.09 Å². The van der Waals surface area contributed by atoms with Gasteiger partial charge in [-0.25, -0.2) is 0 Å². The molecule has 0 bridgehead atoms. The van der Waals surface area contributed by atoms with E-state index >= 15 is 0 Å². The molecular weight excluding hydrogens is 250 g/mol. The van der Waals surface area contributed by atoms with Crippen LogP contribution in [0.1, 0.15) is 25.2 Å². The van der Waals surface area contributed by atoms with Crippen molar-refractivity contribution >= 4 is 26.3 Å². The van der Waals surface area contributed by atoms with Crippen LogP contribution in [0.5, 0.6) is 0 Å². The third-order valence-electron chi connectivity index (χ3n) is 2.00. The van der Waals surface area contributed by atoms with E-state index in [0.29, 0.717) is 11.3 Å². The van der Waals surface area contributed by atoms with Crippen molar-refractivity contribution in [2.75, 3.05) is 0 Å². The van der Waals surface area contributed by atoms with Crippen LogP contribution in [-0.2, 0) is 30.2 Å². The van der Waals surface area contributed by atoms with Crippen LogP contribution in [0.2, 0.25) is 0 Å². The third-order valence-corrected chi connectivity index (χ3v) is 3.85. The van der Waals surface area contributed by atoms with Gasteiger partial charge in [0.05, 0.1) is 5.60 Å². The van der Waals surface area contributed by atoms with E-state index in [1.54, 1.807) is 20.8 Å². The predicted molar refractivity (Wildman–Crippen MR) is 62.8 cm³/mol. The Balaban J connectivity index is 3.38. The second-order valence-corrected chi connectivity index (χ2v) is 6.80. The summed E-state index contributed by atoms with van der Waals surface area (Å²) in [5, 5.41) is 9.84. The Morgan fingerprint density at radius 3 is 2.56 bits per heavy atom. The Labute approximate surface area is 98.6 Å². The zero-order valence-corrected chi connectivity index (χ0v) is 10.8. The van der Waals surface area contributed by atoms with Gasteiger partial charge in [0.1, 0.15) is 14.4 Å². The Hall–Kier alpha value is -0.760. The summed E-state index contributed by atoms with van der Waals surface area (Å²) in [5.41, 5.74) is -0.586. The summed E-state index contributed by atoms with van der Waals surface area (Å²) in [6, 6.07) is 1.44. The summed E-state index contributed by atoms with van der Waals surface area (Å²) in [4.78, 5) is 10.2. The Kier molecular flexibility index (Phi) is 3.53. The fourth-order valence-corrected chi connectivity index (χ4v) is 2.38. The first-order valence-electron chi connectivity index (χ1n) is 4.44. The smallest absolute Gasteiger partial charge is 0.241 e. The van der Waals surface area contributed by atoms with Gasteiger partial charge < -0.3 is 14.1 Å². The number of amides is 1. The van der Waals surface area contributed by atoms with Gasteiger partial charge in [0.2, 0.25) is 6.41 Å². The minimum atomic E-state index is -3.01. The summed E-state index contributed by atoms with van der Waals surface area (Å²) < 4.78 is 18.2. The van der Waals surface area contributed by atoms with Crippen molar-refractivity contribution in [2.24, 2.45) is 4.36 Å². The van der Waals surface area contributed by atoms with Gasteiger partial charge in [0, 0.05) is 11.6 Å². The normalized spacial score (nSPS) is 15.6. The first kappa shape index (κ1) is 13.3. The molecule has 0 aliphatic rings. The molecule has 0 aromatic carbocycles. The van der Waals surface area contributed by atoms with E-state index in [2.05, 4.69) is 4.36 Å². The number of carbonyl (C=O) groups is 1. The fraction of sp³-hybridized carbons (Fsp3) is 0.444. The molecule has 0 radical (unpaired) electrons. The van der Waals surface area contributed by atoms with Crippen molar-refractivity contribution in [2.45, 2.75) is 31.5 Å². The van der Waals surface area contributed by atoms with Crippen LogP contribution >= 0.6 is 0 Å². The van der Waals surface area contributed by atoms with Crippen molar-refractivity contribution in [1.82, 2.24) is 0 Å². The minimum Gasteiger partial charge on any atom is -0.451 e. The molecule has 90 valence electrons. The molecule has 1 amide bonds. The third kappa shape index (κ3) is 2.67. The molecule has 1 rings (SSSR count). The summed E-state index contributed by atoms with van der Waals surface area (Å²) >= 11 is 4.77. The lowest BCUT2D eigenvalue weighted by atomic mass is 10.00. The van der Waals surface area contributed by atoms with E-state index in [-0.39, 0.29) is 11.5 Å². The van der Waals surface area contributed by atoms with Crippen LogP contribution in [0, 0.1) is 6.92 Å². The van der Waals surface area contributed by atoms with Crippen LogP contribution in [0.25, 0.3) is 0 Å². The molecule has 1 heterocycles. The van der Waals surface area contributed by atoms with Crippen LogP contribution in [0.15, 0.2) is 19.9 Å². The van der Waals surface area contributed by atoms with Gasteiger partial charge in [-0.15, -0.1) is 0 Å². The molecule has 1 aromatic rings. The molecule has 0 aliphatic carbocycles. The van der Waals surface area contributed by atoms with Gasteiger partial charge >= 0.3 is 0 Å². The molecule has 0 saturated carbocycles. The second kappa shape index (κ2) is 4.25. The fourth-order valence-electron chi connectivity index (χ4n) is 1.30. The lowest BCUT2D eigenvalue weighted by molar-refractivity contribution is -0.106. The van der Waals surface area contributed by atoms with E-state index in [1.807, 2.05) is 0 Å². The molecule has 0 saturated heterocycles.